The summed E-state index contributed by atoms with van der Waals surface area (Å²) >= 11 is 8.22. The van der Waals surface area contributed by atoms with Crippen LogP contribution in [0.2, 0.25) is 5.15 Å². The van der Waals surface area contributed by atoms with Crippen LogP contribution in [0.5, 0.6) is 5.75 Å². The molecular formula is C28H30ClN5O3S. The summed E-state index contributed by atoms with van der Waals surface area (Å²) in [6.45, 7) is 6.50. The molecule has 1 fully saturated rings. The summed E-state index contributed by atoms with van der Waals surface area (Å²) in [5.41, 5.74) is 3.54. The van der Waals surface area contributed by atoms with Crippen LogP contribution in [0.15, 0.2) is 60.0 Å². The Morgan fingerprint density at radius 1 is 1.13 bits per heavy atom. The van der Waals surface area contributed by atoms with Crippen LogP contribution in [0.4, 0.5) is 5.13 Å². The molecule has 8 nitrogen and oxygen atoms in total. The summed E-state index contributed by atoms with van der Waals surface area (Å²) in [6.07, 6.45) is 0.798. The molecule has 5 rings (SSSR count). The number of aromatic nitrogens is 3. The molecule has 1 saturated heterocycles. The van der Waals surface area contributed by atoms with Crippen molar-refractivity contribution in [2.45, 2.75) is 13.3 Å². The first kappa shape index (κ1) is 26.4. The van der Waals surface area contributed by atoms with Gasteiger partial charge < -0.3 is 9.47 Å². The molecule has 3 heterocycles. The average Bonchev–Trinajstić information content (AvgIpc) is 3.56. The number of nitrogens with zero attached hydrogens (tertiary/aromatic N) is 5. The number of thiazole rings is 1. The number of ether oxygens (including phenoxy) is 2. The zero-order valence-electron chi connectivity index (χ0n) is 21.5. The summed E-state index contributed by atoms with van der Waals surface area (Å²) in [5.74, 6) is 0.581. The summed E-state index contributed by atoms with van der Waals surface area (Å²) in [7, 11) is 1.64. The van der Waals surface area contributed by atoms with Gasteiger partial charge in [-0.25, -0.2) is 9.67 Å². The van der Waals surface area contributed by atoms with Crippen molar-refractivity contribution < 1.29 is 14.3 Å². The predicted octanol–water partition coefficient (Wildman–Crippen LogP) is 5.34. The van der Waals surface area contributed by atoms with Crippen LogP contribution in [0.25, 0.3) is 16.9 Å². The van der Waals surface area contributed by atoms with E-state index in [1.807, 2.05) is 66.9 Å². The maximum absolute atomic E-state index is 14.0. The third-order valence-electron chi connectivity index (χ3n) is 6.53. The standard InChI is InChI=1S/C28H30ClN5O3S/c1-20-25(26(29)34(31-20)22-7-4-3-5-8-22)27(35)33(14-6-13-32-15-17-37-18-16-32)28-30-24(19-38-28)21-9-11-23(36-2)12-10-21/h3-5,7-12,19H,6,13-18H2,1-2H3. The molecule has 0 spiro atoms. The Hall–Kier alpha value is -3.24. The molecule has 0 atom stereocenters. The van der Waals surface area contributed by atoms with E-state index in [0.717, 1.165) is 62.0 Å². The molecule has 0 unspecified atom stereocenters. The molecule has 10 heteroatoms. The topological polar surface area (TPSA) is 72.7 Å². The van der Waals surface area contributed by atoms with Gasteiger partial charge in [-0.15, -0.1) is 11.3 Å². The van der Waals surface area contributed by atoms with Crippen molar-refractivity contribution in [1.82, 2.24) is 19.7 Å². The van der Waals surface area contributed by atoms with Crippen LogP contribution >= 0.6 is 22.9 Å². The number of carbonyl (C=O) groups excluding carboxylic acids is 1. The Balaban J connectivity index is 1.43. The molecule has 38 heavy (non-hydrogen) atoms. The minimum absolute atomic E-state index is 0.202. The van der Waals surface area contributed by atoms with E-state index in [4.69, 9.17) is 26.1 Å². The first-order valence-electron chi connectivity index (χ1n) is 12.6. The molecular weight excluding hydrogens is 522 g/mol. The normalized spacial score (nSPS) is 14.0. The molecule has 0 aliphatic carbocycles. The van der Waals surface area contributed by atoms with Gasteiger partial charge >= 0.3 is 0 Å². The predicted molar refractivity (Wildman–Crippen MR) is 151 cm³/mol. The first-order valence-corrected chi connectivity index (χ1v) is 13.8. The Kier molecular flexibility index (Phi) is 8.38. The van der Waals surface area contributed by atoms with Gasteiger partial charge in [0.05, 0.1) is 37.4 Å². The van der Waals surface area contributed by atoms with Gasteiger partial charge in [0, 0.05) is 37.1 Å². The van der Waals surface area contributed by atoms with E-state index in [9.17, 15) is 4.79 Å². The maximum atomic E-state index is 14.0. The third-order valence-corrected chi connectivity index (χ3v) is 7.75. The highest BCUT2D eigenvalue weighted by atomic mass is 35.5. The second-order valence-corrected chi connectivity index (χ2v) is 10.2. The Morgan fingerprint density at radius 2 is 1.87 bits per heavy atom. The van der Waals surface area contributed by atoms with Crippen LogP contribution in [0, 0.1) is 6.92 Å². The smallest absolute Gasteiger partial charge is 0.265 e. The molecule has 4 aromatic rings. The fraction of sp³-hybridized carbons (Fsp3) is 0.321. The van der Waals surface area contributed by atoms with Gasteiger partial charge in [-0.1, -0.05) is 29.8 Å². The number of amides is 1. The largest absolute Gasteiger partial charge is 0.497 e. The van der Waals surface area contributed by atoms with E-state index < -0.39 is 0 Å². The number of benzene rings is 2. The first-order chi connectivity index (χ1) is 18.5. The molecule has 1 amide bonds. The highest BCUT2D eigenvalue weighted by Crippen LogP contribution is 2.32. The van der Waals surface area contributed by atoms with Gasteiger partial charge in [-0.2, -0.15) is 5.10 Å². The Labute approximate surface area is 231 Å². The van der Waals surface area contributed by atoms with Crippen LogP contribution in [-0.4, -0.2) is 72.1 Å². The fourth-order valence-electron chi connectivity index (χ4n) is 4.46. The number of hydrogen-bond acceptors (Lipinski definition) is 7. The van der Waals surface area contributed by atoms with Gasteiger partial charge in [0.1, 0.15) is 16.5 Å². The van der Waals surface area contributed by atoms with Gasteiger partial charge in [0.2, 0.25) is 0 Å². The zero-order chi connectivity index (χ0) is 26.5. The average molecular weight is 552 g/mol. The molecule has 0 bridgehead atoms. The summed E-state index contributed by atoms with van der Waals surface area (Å²) < 4.78 is 12.4. The van der Waals surface area contributed by atoms with Crippen molar-refractivity contribution in [1.29, 1.82) is 0 Å². The zero-order valence-corrected chi connectivity index (χ0v) is 23.0. The summed E-state index contributed by atoms with van der Waals surface area (Å²) in [4.78, 5) is 23.0. The Bertz CT molecular complexity index is 1370. The molecule has 2 aromatic carbocycles. The second kappa shape index (κ2) is 12.1. The highest BCUT2D eigenvalue weighted by molar-refractivity contribution is 7.14. The third kappa shape index (κ3) is 5.76. The number of halogens is 1. The van der Waals surface area contributed by atoms with Crippen molar-refractivity contribution >= 4 is 34.0 Å². The number of aryl methyl sites for hydroxylation is 1. The van der Waals surface area contributed by atoms with E-state index >= 15 is 0 Å². The number of para-hydroxylation sites is 1. The van der Waals surface area contributed by atoms with E-state index in [1.165, 1.54) is 11.3 Å². The Morgan fingerprint density at radius 3 is 2.58 bits per heavy atom. The van der Waals surface area contributed by atoms with Crippen molar-refractivity contribution in [3.63, 3.8) is 0 Å². The van der Waals surface area contributed by atoms with Crippen molar-refractivity contribution in [3.05, 3.63) is 76.4 Å². The van der Waals surface area contributed by atoms with E-state index in [-0.39, 0.29) is 5.91 Å². The van der Waals surface area contributed by atoms with Crippen LogP contribution in [-0.2, 0) is 4.74 Å². The number of rotatable bonds is 9. The number of hydrogen-bond donors (Lipinski definition) is 0. The summed E-state index contributed by atoms with van der Waals surface area (Å²) in [6, 6.07) is 17.3. The quantitative estimate of drug-likeness (QED) is 0.280. The molecule has 198 valence electrons. The molecule has 0 radical (unpaired) electrons. The number of carbonyl (C=O) groups is 1. The monoisotopic (exact) mass is 551 g/mol. The van der Waals surface area contributed by atoms with Gasteiger partial charge in [-0.05, 0) is 49.7 Å². The van der Waals surface area contributed by atoms with Crippen molar-refractivity contribution in [2.75, 3.05) is 51.4 Å². The lowest BCUT2D eigenvalue weighted by atomic mass is 10.2. The molecule has 1 aliphatic rings. The lowest BCUT2D eigenvalue weighted by Gasteiger charge is -2.27. The van der Waals surface area contributed by atoms with Crippen molar-refractivity contribution in [2.24, 2.45) is 0 Å². The lowest BCUT2D eigenvalue weighted by molar-refractivity contribution is 0.0376. The summed E-state index contributed by atoms with van der Waals surface area (Å²) in [5, 5.41) is 7.49. The van der Waals surface area contributed by atoms with Gasteiger partial charge in [-0.3, -0.25) is 14.6 Å². The lowest BCUT2D eigenvalue weighted by Crippen LogP contribution is -2.39. The minimum atomic E-state index is -0.202. The number of anilines is 1. The van der Waals surface area contributed by atoms with Crippen LogP contribution < -0.4 is 9.64 Å². The van der Waals surface area contributed by atoms with E-state index in [1.54, 1.807) is 16.7 Å². The number of methoxy groups -OCH3 is 1. The molecule has 0 saturated carbocycles. The van der Waals surface area contributed by atoms with Gasteiger partial charge in [0.15, 0.2) is 5.13 Å². The minimum Gasteiger partial charge on any atom is -0.497 e. The number of morpholine rings is 1. The van der Waals surface area contributed by atoms with Crippen LogP contribution in [0.3, 0.4) is 0 Å². The van der Waals surface area contributed by atoms with E-state index in [0.29, 0.717) is 28.1 Å². The molecule has 0 N–H and O–H groups in total. The SMILES string of the molecule is COc1ccc(-c2csc(N(CCCN3CCOCC3)C(=O)c3c(C)nn(-c4ccccc4)c3Cl)n2)cc1. The maximum Gasteiger partial charge on any atom is 0.265 e. The van der Waals surface area contributed by atoms with Crippen LogP contribution in [0.1, 0.15) is 22.5 Å². The highest BCUT2D eigenvalue weighted by Gasteiger charge is 2.28. The van der Waals surface area contributed by atoms with Crippen molar-refractivity contribution in [3.8, 4) is 22.7 Å². The fourth-order valence-corrected chi connectivity index (χ4v) is 5.67. The van der Waals surface area contributed by atoms with Gasteiger partial charge in [0.25, 0.3) is 5.91 Å². The second-order valence-electron chi connectivity index (χ2n) is 9.01. The molecule has 1 aliphatic heterocycles. The molecule has 2 aromatic heterocycles. The van der Waals surface area contributed by atoms with E-state index in [2.05, 4.69) is 10.00 Å².